The summed E-state index contributed by atoms with van der Waals surface area (Å²) < 4.78 is 53.8. The smallest absolute Gasteiger partial charge is 0.264 e. The van der Waals surface area contributed by atoms with Crippen LogP contribution < -0.4 is 4.31 Å². The van der Waals surface area contributed by atoms with E-state index in [0.29, 0.717) is 16.8 Å². The van der Waals surface area contributed by atoms with Crippen LogP contribution in [0.15, 0.2) is 71.6 Å². The summed E-state index contributed by atoms with van der Waals surface area (Å²) >= 11 is 5.84. The summed E-state index contributed by atoms with van der Waals surface area (Å²) in [5, 5.41) is 0.472. The number of ketones is 1. The molecule has 0 aliphatic heterocycles. The van der Waals surface area contributed by atoms with E-state index in [1.807, 2.05) is 0 Å². The van der Waals surface area contributed by atoms with Crippen LogP contribution in [0.2, 0.25) is 5.02 Å². The Morgan fingerprint density at radius 3 is 2.34 bits per heavy atom. The van der Waals surface area contributed by atoms with Crippen molar-refractivity contribution in [2.24, 2.45) is 0 Å². The van der Waals surface area contributed by atoms with E-state index >= 15 is 0 Å². The number of carbonyl (C=O) groups excluding carboxylic acids is 1. The van der Waals surface area contributed by atoms with Crippen LogP contribution in [0.5, 0.6) is 0 Å². The van der Waals surface area contributed by atoms with Gasteiger partial charge in [0.1, 0.15) is 11.6 Å². The number of halogens is 3. The summed E-state index contributed by atoms with van der Waals surface area (Å²) in [6.07, 6.45) is -0.317. The molecule has 0 N–H and O–H groups in total. The van der Waals surface area contributed by atoms with Gasteiger partial charge >= 0.3 is 0 Å². The number of rotatable bonds is 6. The van der Waals surface area contributed by atoms with Crippen molar-refractivity contribution in [3.8, 4) is 0 Å². The Balaban J connectivity index is 1.87. The molecule has 29 heavy (non-hydrogen) atoms. The fourth-order valence-electron chi connectivity index (χ4n) is 2.72. The SMILES string of the molecule is CN(c1ccc(Cl)cc1)S(=O)(=O)c1cccc(C(=O)Cc2ccc(F)cc2F)c1. The van der Waals surface area contributed by atoms with Crippen LogP contribution in [0.4, 0.5) is 14.5 Å². The Kier molecular flexibility index (Phi) is 6.00. The first kappa shape index (κ1) is 21.0. The zero-order chi connectivity index (χ0) is 21.2. The summed E-state index contributed by atoms with van der Waals surface area (Å²) in [6.45, 7) is 0. The lowest BCUT2D eigenvalue weighted by Crippen LogP contribution is -2.26. The summed E-state index contributed by atoms with van der Waals surface area (Å²) in [4.78, 5) is 12.4. The van der Waals surface area contributed by atoms with Crippen molar-refractivity contribution in [3.05, 3.63) is 94.5 Å². The maximum atomic E-state index is 13.8. The van der Waals surface area contributed by atoms with E-state index in [2.05, 4.69) is 0 Å². The Labute approximate surface area is 172 Å². The van der Waals surface area contributed by atoms with Crippen molar-refractivity contribution in [3.63, 3.8) is 0 Å². The van der Waals surface area contributed by atoms with Gasteiger partial charge in [0.15, 0.2) is 5.78 Å². The molecule has 0 unspecified atom stereocenters. The summed E-state index contributed by atoms with van der Waals surface area (Å²) in [5.74, 6) is -2.05. The summed E-state index contributed by atoms with van der Waals surface area (Å²) in [7, 11) is -2.54. The molecule has 0 saturated heterocycles. The number of benzene rings is 3. The van der Waals surface area contributed by atoms with Gasteiger partial charge in [-0.2, -0.15) is 0 Å². The van der Waals surface area contributed by atoms with Crippen LogP contribution in [-0.4, -0.2) is 21.2 Å². The van der Waals surface area contributed by atoms with Crippen molar-refractivity contribution in [2.45, 2.75) is 11.3 Å². The van der Waals surface area contributed by atoms with Gasteiger partial charge in [-0.1, -0.05) is 29.8 Å². The third kappa shape index (κ3) is 4.63. The highest BCUT2D eigenvalue weighted by atomic mass is 35.5. The van der Waals surface area contributed by atoms with Gasteiger partial charge in [-0.15, -0.1) is 0 Å². The van der Waals surface area contributed by atoms with E-state index < -0.39 is 27.4 Å². The van der Waals surface area contributed by atoms with Gasteiger partial charge < -0.3 is 0 Å². The molecule has 0 fully saturated rings. The molecule has 0 atom stereocenters. The molecule has 0 aliphatic carbocycles. The molecule has 4 nitrogen and oxygen atoms in total. The van der Waals surface area contributed by atoms with E-state index in [1.165, 1.54) is 37.4 Å². The van der Waals surface area contributed by atoms with E-state index in [9.17, 15) is 22.0 Å². The van der Waals surface area contributed by atoms with Gasteiger partial charge in [0.25, 0.3) is 10.0 Å². The first-order valence-corrected chi connectivity index (χ1v) is 10.3. The monoisotopic (exact) mass is 435 g/mol. The van der Waals surface area contributed by atoms with Crippen LogP contribution in [0.25, 0.3) is 0 Å². The van der Waals surface area contributed by atoms with Crippen molar-refractivity contribution in [1.82, 2.24) is 0 Å². The lowest BCUT2D eigenvalue weighted by atomic mass is 10.0. The lowest BCUT2D eigenvalue weighted by molar-refractivity contribution is 0.0991. The molecule has 3 aromatic carbocycles. The third-order valence-electron chi connectivity index (χ3n) is 4.37. The van der Waals surface area contributed by atoms with E-state index in [1.54, 1.807) is 24.3 Å². The number of hydrogen-bond donors (Lipinski definition) is 0. The molecule has 0 aliphatic rings. The third-order valence-corrected chi connectivity index (χ3v) is 6.40. The maximum absolute atomic E-state index is 13.8. The number of anilines is 1. The van der Waals surface area contributed by atoms with Crippen LogP contribution in [0.1, 0.15) is 15.9 Å². The maximum Gasteiger partial charge on any atom is 0.264 e. The van der Waals surface area contributed by atoms with Gasteiger partial charge in [-0.25, -0.2) is 17.2 Å². The van der Waals surface area contributed by atoms with Gasteiger partial charge in [-0.05, 0) is 48.0 Å². The second kappa shape index (κ2) is 8.31. The van der Waals surface area contributed by atoms with E-state index in [4.69, 9.17) is 11.6 Å². The second-order valence-corrected chi connectivity index (χ2v) is 8.72. The average molecular weight is 436 g/mol. The van der Waals surface area contributed by atoms with Crippen LogP contribution in [0.3, 0.4) is 0 Å². The van der Waals surface area contributed by atoms with Gasteiger partial charge in [0.05, 0.1) is 10.6 Å². The number of Topliss-reactive ketones (excluding diaryl/α,β-unsaturated/α-hetero) is 1. The zero-order valence-electron chi connectivity index (χ0n) is 15.3. The highest BCUT2D eigenvalue weighted by Crippen LogP contribution is 2.24. The van der Waals surface area contributed by atoms with Gasteiger partial charge in [-0.3, -0.25) is 9.10 Å². The quantitative estimate of drug-likeness (QED) is 0.519. The van der Waals surface area contributed by atoms with Crippen molar-refractivity contribution >= 4 is 33.1 Å². The largest absolute Gasteiger partial charge is 0.294 e. The summed E-state index contributed by atoms with van der Waals surface area (Å²) in [5.41, 5.74) is 0.543. The Morgan fingerprint density at radius 1 is 1.00 bits per heavy atom. The normalized spacial score (nSPS) is 11.3. The Hall–Kier alpha value is -2.77. The topological polar surface area (TPSA) is 54.5 Å². The average Bonchev–Trinajstić information content (AvgIpc) is 2.70. The predicted molar refractivity (Wildman–Crippen MR) is 108 cm³/mol. The van der Waals surface area contributed by atoms with Crippen LogP contribution in [-0.2, 0) is 16.4 Å². The second-order valence-electron chi connectivity index (χ2n) is 6.31. The molecule has 8 heteroatoms. The van der Waals surface area contributed by atoms with Crippen LogP contribution >= 0.6 is 11.6 Å². The molecule has 3 rings (SSSR count). The van der Waals surface area contributed by atoms with Crippen molar-refractivity contribution < 1.29 is 22.0 Å². The molecule has 0 bridgehead atoms. The Morgan fingerprint density at radius 2 is 1.69 bits per heavy atom. The minimum atomic E-state index is -3.93. The van der Waals surface area contributed by atoms with E-state index in [-0.39, 0.29) is 22.4 Å². The molecule has 3 aromatic rings. The van der Waals surface area contributed by atoms with Crippen molar-refractivity contribution in [1.29, 1.82) is 0 Å². The molecule has 0 radical (unpaired) electrons. The highest BCUT2D eigenvalue weighted by molar-refractivity contribution is 7.92. The first-order chi connectivity index (χ1) is 13.7. The van der Waals surface area contributed by atoms with E-state index in [0.717, 1.165) is 10.4 Å². The standard InChI is InChI=1S/C21H16ClF2NO3S/c1-25(18-9-6-16(22)7-10-18)29(27,28)19-4-2-3-15(11-19)21(26)12-14-5-8-17(23)13-20(14)24/h2-11,13H,12H2,1H3. The number of carbonyl (C=O) groups is 1. The zero-order valence-corrected chi connectivity index (χ0v) is 16.8. The molecular weight excluding hydrogens is 420 g/mol. The fourth-order valence-corrected chi connectivity index (χ4v) is 4.09. The first-order valence-electron chi connectivity index (χ1n) is 8.50. The number of hydrogen-bond acceptors (Lipinski definition) is 3. The predicted octanol–water partition coefficient (Wildman–Crippen LogP) is 4.87. The molecule has 0 amide bonds. The Bertz CT molecular complexity index is 1160. The molecule has 0 aromatic heterocycles. The molecule has 0 spiro atoms. The molecule has 150 valence electrons. The van der Waals surface area contributed by atoms with Gasteiger partial charge in [0.2, 0.25) is 0 Å². The number of sulfonamides is 1. The van der Waals surface area contributed by atoms with Gasteiger partial charge in [0, 0.05) is 30.1 Å². The highest BCUT2D eigenvalue weighted by Gasteiger charge is 2.22. The van der Waals surface area contributed by atoms with Crippen molar-refractivity contribution in [2.75, 3.05) is 11.4 Å². The molecule has 0 saturated carbocycles. The molecular formula is C21H16ClF2NO3S. The summed E-state index contributed by atoms with van der Waals surface area (Å²) in [6, 6.07) is 14.7. The molecule has 0 heterocycles. The van der Waals surface area contributed by atoms with Crippen LogP contribution in [0, 0.1) is 11.6 Å². The minimum absolute atomic E-state index is 0.0305. The number of nitrogens with zero attached hydrogens (tertiary/aromatic N) is 1. The minimum Gasteiger partial charge on any atom is -0.294 e. The lowest BCUT2D eigenvalue weighted by Gasteiger charge is -2.20. The fraction of sp³-hybridized carbons (Fsp3) is 0.0952.